The maximum Gasteiger partial charge on any atom is 0.335 e. The Morgan fingerprint density at radius 2 is 1.75 bits per heavy atom. The second-order valence-corrected chi connectivity index (χ2v) is 13.0. The highest BCUT2D eigenvalue weighted by molar-refractivity contribution is 5.95. The maximum absolute atomic E-state index is 13.3. The molecule has 204 valence electrons. The molecular weight excluding hydrogens is 468 g/mol. The van der Waals surface area contributed by atoms with E-state index in [0.717, 1.165) is 6.92 Å². The molecule has 0 aromatic carbocycles. The number of carboxylic acids is 1. The van der Waals surface area contributed by atoms with Gasteiger partial charge in [0.1, 0.15) is 0 Å². The molecule has 7 N–H and O–H groups in total. The fourth-order valence-corrected chi connectivity index (χ4v) is 8.36. The third-order valence-electron chi connectivity index (χ3n) is 10.9. The molecule has 0 aromatic rings. The molecule has 4 aliphatic carbocycles. The number of hydrogen-bond acceptors (Lipinski definition) is 8. The van der Waals surface area contributed by atoms with E-state index < -0.39 is 63.8 Å². The largest absolute Gasteiger partial charge is 0.479 e. The van der Waals surface area contributed by atoms with Crippen LogP contribution in [0.15, 0.2) is 11.6 Å². The first-order chi connectivity index (χ1) is 16.4. The van der Waals surface area contributed by atoms with Gasteiger partial charge in [-0.25, -0.2) is 4.79 Å². The summed E-state index contributed by atoms with van der Waals surface area (Å²) in [7, 11) is 0. The van der Waals surface area contributed by atoms with E-state index in [1.54, 1.807) is 0 Å². The molecule has 4 rings (SSSR count). The number of carboxylic acid groups (broad SMARTS) is 1. The van der Waals surface area contributed by atoms with E-state index in [1.807, 2.05) is 13.8 Å². The molecular formula is C27H42O9. The van der Waals surface area contributed by atoms with Crippen LogP contribution in [0.25, 0.3) is 0 Å². The van der Waals surface area contributed by atoms with Crippen molar-refractivity contribution in [1.82, 2.24) is 0 Å². The summed E-state index contributed by atoms with van der Waals surface area (Å²) < 4.78 is 0. The lowest BCUT2D eigenvalue weighted by molar-refractivity contribution is -0.178. The highest BCUT2D eigenvalue weighted by Crippen LogP contribution is 2.68. The van der Waals surface area contributed by atoms with Gasteiger partial charge in [0, 0.05) is 11.3 Å². The summed E-state index contributed by atoms with van der Waals surface area (Å²) >= 11 is 0. The molecule has 0 saturated heterocycles. The number of ketones is 1. The van der Waals surface area contributed by atoms with Gasteiger partial charge in [-0.1, -0.05) is 13.8 Å². The third-order valence-corrected chi connectivity index (χ3v) is 10.9. The van der Waals surface area contributed by atoms with Crippen molar-refractivity contribution >= 4 is 11.8 Å². The van der Waals surface area contributed by atoms with Crippen LogP contribution in [0.2, 0.25) is 0 Å². The summed E-state index contributed by atoms with van der Waals surface area (Å²) in [6.07, 6.45) is 0.246. The van der Waals surface area contributed by atoms with Gasteiger partial charge in [0.25, 0.3) is 0 Å². The Balaban J connectivity index is 1.63. The molecule has 36 heavy (non-hydrogen) atoms. The number of aliphatic hydroxyl groups excluding tert-OH is 3. The number of fused-ring (bicyclic) bond motifs is 5. The zero-order valence-electron chi connectivity index (χ0n) is 21.6. The predicted molar refractivity (Wildman–Crippen MR) is 129 cm³/mol. The fourth-order valence-electron chi connectivity index (χ4n) is 8.36. The van der Waals surface area contributed by atoms with Crippen molar-refractivity contribution in [3.05, 3.63) is 11.6 Å². The van der Waals surface area contributed by atoms with Crippen LogP contribution in [0.3, 0.4) is 0 Å². The lowest BCUT2D eigenvalue weighted by Crippen LogP contribution is -2.62. The standard InChI is InChI=1S/C27H42O9/c1-23-13-19(30)18(29)12-16(23)17(28)11-15-14(23)5-8-24(2)20(6-10-27(15,24)36)26(4,35)21(31)7-9-25(3,34)22(32)33/h11,14,16,18-21,29-31,34-36H,5-10,12-13H2,1-4H3,(H,32,33)/t14-,16-,18+,19-,20-,21?,23+,24+,25?,26+,27+/m0/s1. The van der Waals surface area contributed by atoms with Crippen LogP contribution in [0.4, 0.5) is 0 Å². The number of rotatable bonds is 6. The van der Waals surface area contributed by atoms with Gasteiger partial charge >= 0.3 is 5.97 Å². The minimum absolute atomic E-state index is 0.138. The minimum atomic E-state index is -2.03. The Hall–Kier alpha value is -1.36. The highest BCUT2D eigenvalue weighted by atomic mass is 16.4. The molecule has 9 heteroatoms. The molecule has 2 unspecified atom stereocenters. The Morgan fingerprint density at radius 3 is 2.36 bits per heavy atom. The number of carbonyl (C=O) groups excluding carboxylic acids is 1. The highest BCUT2D eigenvalue weighted by Gasteiger charge is 2.69. The number of aliphatic hydroxyl groups is 6. The SMILES string of the molecule is CC(O)(CCC(O)[C@](C)(O)[C@H]1CC[C@@]2(O)C3=CC(=O)[C@@H]4C[C@@H](O)[C@@H](O)C[C@]4(C)[C@H]3CC[C@]12C)C(=O)O. The average Bonchev–Trinajstić information content (AvgIpc) is 3.06. The summed E-state index contributed by atoms with van der Waals surface area (Å²) in [5.74, 6) is -2.68. The van der Waals surface area contributed by atoms with E-state index in [1.165, 1.54) is 13.0 Å². The Morgan fingerprint density at radius 1 is 1.11 bits per heavy atom. The van der Waals surface area contributed by atoms with Crippen molar-refractivity contribution in [3.8, 4) is 0 Å². The monoisotopic (exact) mass is 510 g/mol. The van der Waals surface area contributed by atoms with Crippen LogP contribution in [-0.4, -0.2) is 82.6 Å². The van der Waals surface area contributed by atoms with E-state index in [-0.39, 0.29) is 37.4 Å². The normalized spacial score (nSPS) is 46.4. The number of carbonyl (C=O) groups is 2. The Kier molecular flexibility index (Phi) is 6.59. The predicted octanol–water partition coefficient (Wildman–Crippen LogP) is 0.919. The van der Waals surface area contributed by atoms with Crippen molar-refractivity contribution in [2.24, 2.45) is 28.6 Å². The molecule has 0 radical (unpaired) electrons. The number of hydrogen-bond donors (Lipinski definition) is 7. The van der Waals surface area contributed by atoms with Gasteiger partial charge in [-0.2, -0.15) is 0 Å². The van der Waals surface area contributed by atoms with Gasteiger partial charge < -0.3 is 35.7 Å². The van der Waals surface area contributed by atoms with Gasteiger partial charge in [0.15, 0.2) is 11.4 Å². The molecule has 11 atom stereocenters. The third kappa shape index (κ3) is 3.81. The topological polar surface area (TPSA) is 176 Å². The second kappa shape index (κ2) is 8.58. The minimum Gasteiger partial charge on any atom is -0.479 e. The molecule has 9 nitrogen and oxygen atoms in total. The first kappa shape index (κ1) is 27.7. The molecule has 4 aliphatic rings. The lowest BCUT2D eigenvalue weighted by atomic mass is 9.45. The van der Waals surface area contributed by atoms with Crippen molar-refractivity contribution < 1.29 is 45.3 Å². The molecule has 0 amide bonds. The van der Waals surface area contributed by atoms with Gasteiger partial charge in [0.05, 0.1) is 29.5 Å². The second-order valence-electron chi connectivity index (χ2n) is 13.0. The molecule has 0 bridgehead atoms. The fraction of sp³-hybridized carbons (Fsp3) is 0.852. The Labute approximate surface area is 211 Å². The smallest absolute Gasteiger partial charge is 0.335 e. The average molecular weight is 511 g/mol. The van der Waals surface area contributed by atoms with E-state index in [2.05, 4.69) is 0 Å². The van der Waals surface area contributed by atoms with Gasteiger partial charge in [-0.05, 0) is 94.1 Å². The van der Waals surface area contributed by atoms with Crippen LogP contribution >= 0.6 is 0 Å². The van der Waals surface area contributed by atoms with Crippen LogP contribution < -0.4 is 0 Å². The zero-order chi connectivity index (χ0) is 27.1. The number of allylic oxidation sites excluding steroid dienone is 1. The van der Waals surface area contributed by atoms with Gasteiger partial charge in [-0.15, -0.1) is 0 Å². The first-order valence-electron chi connectivity index (χ1n) is 13.1. The van der Waals surface area contributed by atoms with Crippen LogP contribution in [0.1, 0.15) is 79.1 Å². The van der Waals surface area contributed by atoms with Gasteiger partial charge in [0.2, 0.25) is 0 Å². The maximum atomic E-state index is 13.3. The molecule has 0 spiro atoms. The summed E-state index contributed by atoms with van der Waals surface area (Å²) in [4.78, 5) is 24.5. The first-order valence-corrected chi connectivity index (χ1v) is 13.1. The Bertz CT molecular complexity index is 957. The molecule has 0 aromatic heterocycles. The van der Waals surface area contributed by atoms with Crippen LogP contribution in [0, 0.1) is 28.6 Å². The summed E-state index contributed by atoms with van der Waals surface area (Å²) in [5, 5.41) is 74.6. The lowest BCUT2D eigenvalue weighted by Gasteiger charge is -2.60. The summed E-state index contributed by atoms with van der Waals surface area (Å²) in [6, 6.07) is 0. The van der Waals surface area contributed by atoms with Crippen molar-refractivity contribution in [3.63, 3.8) is 0 Å². The van der Waals surface area contributed by atoms with Crippen LogP contribution in [-0.2, 0) is 9.59 Å². The molecule has 0 heterocycles. The van der Waals surface area contributed by atoms with E-state index in [4.69, 9.17) is 0 Å². The van der Waals surface area contributed by atoms with Gasteiger partial charge in [-0.3, -0.25) is 4.79 Å². The van der Waals surface area contributed by atoms with Crippen molar-refractivity contribution in [1.29, 1.82) is 0 Å². The number of aliphatic carboxylic acids is 1. The molecule has 3 saturated carbocycles. The zero-order valence-corrected chi connectivity index (χ0v) is 21.6. The van der Waals surface area contributed by atoms with Crippen molar-refractivity contribution in [2.75, 3.05) is 0 Å². The quantitative estimate of drug-likeness (QED) is 0.274. The molecule has 3 fully saturated rings. The summed E-state index contributed by atoms with van der Waals surface area (Å²) in [6.45, 7) is 6.50. The van der Waals surface area contributed by atoms with E-state index in [0.29, 0.717) is 31.3 Å². The van der Waals surface area contributed by atoms with Crippen molar-refractivity contribution in [2.45, 2.75) is 114 Å². The van der Waals surface area contributed by atoms with E-state index >= 15 is 0 Å². The molecule has 0 aliphatic heterocycles. The van der Waals surface area contributed by atoms with E-state index in [9.17, 15) is 45.3 Å². The summed E-state index contributed by atoms with van der Waals surface area (Å²) in [5.41, 5.74) is -5.92. The van der Waals surface area contributed by atoms with Crippen LogP contribution in [0.5, 0.6) is 0 Å².